The molecule has 0 radical (unpaired) electrons. The molecule has 1 saturated carbocycles. The van der Waals surface area contributed by atoms with E-state index in [1.807, 2.05) is 13.8 Å². The van der Waals surface area contributed by atoms with Gasteiger partial charge >= 0.3 is 6.18 Å². The van der Waals surface area contributed by atoms with Crippen LogP contribution >= 0.6 is 0 Å². The molecule has 1 aliphatic carbocycles. The zero-order valence-electron chi connectivity index (χ0n) is 9.56. The first-order valence-corrected chi connectivity index (χ1v) is 5.57. The number of carbonyl (C=O) groups excluding carboxylic acids is 1. The van der Waals surface area contributed by atoms with Crippen LogP contribution in [0.4, 0.5) is 13.2 Å². The summed E-state index contributed by atoms with van der Waals surface area (Å²) in [5.41, 5.74) is -0.522. The molecule has 0 heterocycles. The van der Waals surface area contributed by atoms with Crippen LogP contribution in [0, 0.1) is 5.41 Å². The fourth-order valence-electron chi connectivity index (χ4n) is 2.25. The van der Waals surface area contributed by atoms with Gasteiger partial charge in [0.15, 0.2) is 0 Å². The van der Waals surface area contributed by atoms with Crippen molar-refractivity contribution >= 4 is 5.78 Å². The average molecular weight is 238 g/mol. The van der Waals surface area contributed by atoms with Crippen LogP contribution < -0.4 is 0 Å². The Balaban J connectivity index is 2.42. The minimum absolute atomic E-state index is 0.120. The molecule has 0 spiro atoms. The highest BCUT2D eigenvalue weighted by Gasteiger charge is 2.52. The largest absolute Gasteiger partial charge is 0.391 e. The van der Waals surface area contributed by atoms with Gasteiger partial charge in [-0.15, -0.1) is 0 Å². The summed E-state index contributed by atoms with van der Waals surface area (Å²) < 4.78 is 40.9. The molecule has 0 saturated heterocycles. The van der Waals surface area contributed by atoms with Gasteiger partial charge in [0.25, 0.3) is 0 Å². The van der Waals surface area contributed by atoms with Crippen molar-refractivity contribution in [1.82, 2.24) is 0 Å². The Hall–Kier alpha value is -0.580. The highest BCUT2D eigenvalue weighted by Crippen LogP contribution is 2.45. The SMILES string of the molecule is CCC1(CC)C(=O)CC1OCCC(F)(F)F. The van der Waals surface area contributed by atoms with Crippen molar-refractivity contribution in [2.75, 3.05) is 6.61 Å². The minimum atomic E-state index is -4.19. The van der Waals surface area contributed by atoms with E-state index in [4.69, 9.17) is 4.74 Å². The fourth-order valence-corrected chi connectivity index (χ4v) is 2.25. The zero-order chi connectivity index (χ0) is 12.4. The summed E-state index contributed by atoms with van der Waals surface area (Å²) in [6.45, 7) is 3.41. The van der Waals surface area contributed by atoms with E-state index in [-0.39, 0.29) is 24.9 Å². The lowest BCUT2D eigenvalue weighted by Crippen LogP contribution is -2.54. The Morgan fingerprint density at radius 3 is 2.31 bits per heavy atom. The van der Waals surface area contributed by atoms with Crippen LogP contribution in [0.3, 0.4) is 0 Å². The number of halogens is 3. The molecule has 1 fully saturated rings. The van der Waals surface area contributed by atoms with Crippen LogP contribution in [0.15, 0.2) is 0 Å². The van der Waals surface area contributed by atoms with Crippen LogP contribution in [-0.2, 0) is 9.53 Å². The summed E-state index contributed by atoms with van der Waals surface area (Å²) in [5, 5.41) is 0. The van der Waals surface area contributed by atoms with E-state index < -0.39 is 18.0 Å². The summed E-state index contributed by atoms with van der Waals surface area (Å²) in [6.07, 6.45) is -3.91. The molecule has 1 atom stereocenters. The van der Waals surface area contributed by atoms with Crippen molar-refractivity contribution in [3.8, 4) is 0 Å². The summed E-state index contributed by atoms with van der Waals surface area (Å²) in [7, 11) is 0. The van der Waals surface area contributed by atoms with Crippen molar-refractivity contribution in [3.63, 3.8) is 0 Å². The van der Waals surface area contributed by atoms with Gasteiger partial charge in [0, 0.05) is 6.42 Å². The molecule has 0 aromatic carbocycles. The molecule has 0 aromatic heterocycles. The van der Waals surface area contributed by atoms with E-state index in [0.717, 1.165) is 0 Å². The highest BCUT2D eigenvalue weighted by molar-refractivity contribution is 5.92. The third-order valence-electron chi connectivity index (χ3n) is 3.51. The summed E-state index contributed by atoms with van der Waals surface area (Å²) in [5.74, 6) is 0.120. The van der Waals surface area contributed by atoms with Crippen molar-refractivity contribution in [1.29, 1.82) is 0 Å². The van der Waals surface area contributed by atoms with Gasteiger partial charge < -0.3 is 4.74 Å². The standard InChI is InChI=1S/C11H17F3O2/c1-3-10(4-2)8(15)7-9(10)16-6-5-11(12,13)14/h9H,3-7H2,1-2H3. The van der Waals surface area contributed by atoms with Gasteiger partial charge in [-0.1, -0.05) is 13.8 Å². The van der Waals surface area contributed by atoms with Gasteiger partial charge in [-0.05, 0) is 12.8 Å². The number of Topliss-reactive ketones (excluding diaryl/α,β-unsaturated/α-hetero) is 1. The van der Waals surface area contributed by atoms with Crippen molar-refractivity contribution in [2.24, 2.45) is 5.41 Å². The predicted octanol–water partition coefficient (Wildman–Crippen LogP) is 3.10. The van der Waals surface area contributed by atoms with Crippen molar-refractivity contribution in [2.45, 2.75) is 51.8 Å². The van der Waals surface area contributed by atoms with Crippen molar-refractivity contribution in [3.05, 3.63) is 0 Å². The molecule has 1 unspecified atom stereocenters. The number of rotatable bonds is 5. The van der Waals surface area contributed by atoms with E-state index in [1.165, 1.54) is 0 Å². The van der Waals surface area contributed by atoms with Gasteiger partial charge in [0.1, 0.15) is 5.78 Å². The monoisotopic (exact) mass is 238 g/mol. The molecule has 0 amide bonds. The molecule has 2 nitrogen and oxygen atoms in total. The number of hydrogen-bond donors (Lipinski definition) is 0. The molecular weight excluding hydrogens is 221 g/mol. The van der Waals surface area contributed by atoms with E-state index in [1.54, 1.807) is 0 Å². The molecular formula is C11H17F3O2. The lowest BCUT2D eigenvalue weighted by Gasteiger charge is -2.46. The third-order valence-corrected chi connectivity index (χ3v) is 3.51. The first kappa shape index (κ1) is 13.5. The zero-order valence-corrected chi connectivity index (χ0v) is 9.56. The van der Waals surface area contributed by atoms with Crippen LogP contribution in [0.1, 0.15) is 39.5 Å². The maximum absolute atomic E-state index is 11.9. The second kappa shape index (κ2) is 4.73. The Morgan fingerprint density at radius 2 is 1.94 bits per heavy atom. The smallest absolute Gasteiger partial charge is 0.376 e. The molecule has 16 heavy (non-hydrogen) atoms. The van der Waals surface area contributed by atoms with E-state index in [2.05, 4.69) is 0 Å². The van der Waals surface area contributed by atoms with Crippen LogP contribution in [0.5, 0.6) is 0 Å². The molecule has 0 aromatic rings. The second-order valence-corrected chi connectivity index (χ2v) is 4.22. The van der Waals surface area contributed by atoms with Crippen molar-refractivity contribution < 1.29 is 22.7 Å². The van der Waals surface area contributed by atoms with Crippen LogP contribution in [-0.4, -0.2) is 24.7 Å². The Bertz CT molecular complexity index is 256. The quantitative estimate of drug-likeness (QED) is 0.735. The van der Waals surface area contributed by atoms with E-state index in [9.17, 15) is 18.0 Å². The Kier molecular flexibility index (Phi) is 3.99. The lowest BCUT2D eigenvalue weighted by atomic mass is 9.61. The maximum atomic E-state index is 11.9. The first-order valence-electron chi connectivity index (χ1n) is 5.57. The van der Waals surface area contributed by atoms with E-state index >= 15 is 0 Å². The minimum Gasteiger partial charge on any atom is -0.376 e. The number of carbonyl (C=O) groups is 1. The summed E-state index contributed by atoms with van der Waals surface area (Å²) >= 11 is 0. The number of hydrogen-bond acceptors (Lipinski definition) is 2. The summed E-state index contributed by atoms with van der Waals surface area (Å²) in [6, 6.07) is 0. The normalized spacial score (nSPS) is 24.3. The molecule has 94 valence electrons. The molecule has 0 bridgehead atoms. The third kappa shape index (κ3) is 2.56. The fraction of sp³-hybridized carbons (Fsp3) is 0.909. The van der Waals surface area contributed by atoms with Gasteiger partial charge in [0.2, 0.25) is 0 Å². The molecule has 1 rings (SSSR count). The average Bonchev–Trinajstić information content (AvgIpc) is 2.17. The Morgan fingerprint density at radius 1 is 1.38 bits per heavy atom. The number of alkyl halides is 3. The van der Waals surface area contributed by atoms with Gasteiger partial charge in [-0.25, -0.2) is 0 Å². The highest BCUT2D eigenvalue weighted by atomic mass is 19.4. The topological polar surface area (TPSA) is 26.3 Å². The molecule has 1 aliphatic rings. The van der Waals surface area contributed by atoms with Gasteiger partial charge in [-0.2, -0.15) is 13.2 Å². The Labute approximate surface area is 93.2 Å². The second-order valence-electron chi connectivity index (χ2n) is 4.22. The van der Waals surface area contributed by atoms with Crippen LogP contribution in [0.2, 0.25) is 0 Å². The van der Waals surface area contributed by atoms with Gasteiger partial charge in [-0.3, -0.25) is 4.79 Å². The predicted molar refractivity (Wildman–Crippen MR) is 53.1 cm³/mol. The molecule has 5 heteroatoms. The molecule has 0 aliphatic heterocycles. The number of ether oxygens (including phenoxy) is 1. The first-order chi connectivity index (χ1) is 7.35. The lowest BCUT2D eigenvalue weighted by molar-refractivity contribution is -0.178. The van der Waals surface area contributed by atoms with Crippen LogP contribution in [0.25, 0.3) is 0 Å². The summed E-state index contributed by atoms with van der Waals surface area (Å²) in [4.78, 5) is 11.5. The maximum Gasteiger partial charge on any atom is 0.391 e. The van der Waals surface area contributed by atoms with E-state index in [0.29, 0.717) is 12.8 Å². The molecule has 0 N–H and O–H groups in total. The van der Waals surface area contributed by atoms with Gasteiger partial charge in [0.05, 0.1) is 24.5 Å². The number of ketones is 1.